The van der Waals surface area contributed by atoms with Crippen LogP contribution in [0.3, 0.4) is 0 Å². The number of nitrogens with zero attached hydrogens (tertiary/aromatic N) is 1. The fourth-order valence-electron chi connectivity index (χ4n) is 2.43. The molecule has 2 N–H and O–H groups in total. The van der Waals surface area contributed by atoms with Gasteiger partial charge in [0.05, 0.1) is 7.11 Å². The van der Waals surface area contributed by atoms with E-state index in [2.05, 4.69) is 48.3 Å². The Morgan fingerprint density at radius 1 is 1.05 bits per heavy atom. The van der Waals surface area contributed by atoms with E-state index in [0.29, 0.717) is 12.3 Å². The minimum Gasteiger partial charge on any atom is -0.504 e. The number of rotatable bonds is 7. The molecule has 0 fully saturated rings. The Morgan fingerprint density at radius 3 is 2.27 bits per heavy atom. The molecule has 22 heavy (non-hydrogen) atoms. The third-order valence-corrected chi connectivity index (χ3v) is 3.74. The summed E-state index contributed by atoms with van der Waals surface area (Å²) in [6, 6.07) is 13.8. The average Bonchev–Trinajstić information content (AvgIpc) is 2.55. The number of ether oxygens (including phenoxy) is 1. The molecule has 0 amide bonds. The number of hydrogen-bond donors (Lipinski definition) is 2. The summed E-state index contributed by atoms with van der Waals surface area (Å²) >= 11 is 0. The van der Waals surface area contributed by atoms with Crippen molar-refractivity contribution in [2.24, 2.45) is 0 Å². The quantitative estimate of drug-likeness (QED) is 0.815. The Balaban J connectivity index is 1.98. The molecule has 0 aliphatic rings. The van der Waals surface area contributed by atoms with Crippen LogP contribution in [0.4, 0.5) is 11.4 Å². The highest BCUT2D eigenvalue weighted by atomic mass is 16.5. The van der Waals surface area contributed by atoms with Crippen LogP contribution in [0.5, 0.6) is 11.5 Å². The molecule has 0 atom stereocenters. The average molecular weight is 300 g/mol. The zero-order chi connectivity index (χ0) is 15.9. The molecule has 0 radical (unpaired) electrons. The predicted molar refractivity (Wildman–Crippen MR) is 92.0 cm³/mol. The molecule has 0 aliphatic carbocycles. The molecule has 2 aromatic carbocycles. The molecule has 0 saturated heterocycles. The zero-order valence-electron chi connectivity index (χ0n) is 13.5. The summed E-state index contributed by atoms with van der Waals surface area (Å²) in [5.74, 6) is 0.658. The van der Waals surface area contributed by atoms with E-state index in [1.54, 1.807) is 19.2 Å². The topological polar surface area (TPSA) is 44.7 Å². The molecule has 0 aromatic heterocycles. The van der Waals surface area contributed by atoms with Gasteiger partial charge < -0.3 is 20.1 Å². The van der Waals surface area contributed by atoms with E-state index < -0.39 is 0 Å². The van der Waals surface area contributed by atoms with Gasteiger partial charge in [-0.25, -0.2) is 0 Å². The largest absolute Gasteiger partial charge is 0.504 e. The lowest BCUT2D eigenvalue weighted by Crippen LogP contribution is -2.21. The SMILES string of the molecule is CCN(CC)c1ccc(NCc2ccc(OC)c(O)c2)cc1. The fourth-order valence-corrected chi connectivity index (χ4v) is 2.43. The lowest BCUT2D eigenvalue weighted by Gasteiger charge is -2.21. The first-order chi connectivity index (χ1) is 10.7. The molecule has 2 aromatic rings. The standard InChI is InChI=1S/C18H24N2O2/c1-4-20(5-2)16-9-7-15(8-10-16)19-13-14-6-11-18(22-3)17(21)12-14/h6-12,19,21H,4-5,13H2,1-3H3. The van der Waals surface area contributed by atoms with Crippen molar-refractivity contribution >= 4 is 11.4 Å². The van der Waals surface area contributed by atoms with Gasteiger partial charge in [-0.1, -0.05) is 6.07 Å². The Labute approximate surface area is 132 Å². The second kappa shape index (κ2) is 7.59. The van der Waals surface area contributed by atoms with Crippen LogP contribution in [0.25, 0.3) is 0 Å². The van der Waals surface area contributed by atoms with E-state index in [9.17, 15) is 5.11 Å². The van der Waals surface area contributed by atoms with Crippen molar-refractivity contribution in [1.82, 2.24) is 0 Å². The van der Waals surface area contributed by atoms with Crippen molar-refractivity contribution < 1.29 is 9.84 Å². The van der Waals surface area contributed by atoms with E-state index in [-0.39, 0.29) is 5.75 Å². The van der Waals surface area contributed by atoms with Crippen LogP contribution in [-0.4, -0.2) is 25.3 Å². The lowest BCUT2D eigenvalue weighted by atomic mass is 10.2. The molecule has 4 nitrogen and oxygen atoms in total. The first-order valence-corrected chi connectivity index (χ1v) is 7.62. The van der Waals surface area contributed by atoms with Gasteiger partial charge in [-0.3, -0.25) is 0 Å². The second-order valence-corrected chi connectivity index (χ2v) is 5.08. The maximum Gasteiger partial charge on any atom is 0.160 e. The molecule has 118 valence electrons. The fraction of sp³-hybridized carbons (Fsp3) is 0.333. The van der Waals surface area contributed by atoms with Crippen molar-refractivity contribution in [2.45, 2.75) is 20.4 Å². The minimum atomic E-state index is 0.165. The van der Waals surface area contributed by atoms with E-state index in [1.807, 2.05) is 6.07 Å². The maximum atomic E-state index is 9.78. The molecule has 4 heteroatoms. The molecular formula is C18H24N2O2. The highest BCUT2D eigenvalue weighted by Gasteiger charge is 2.03. The number of aromatic hydroxyl groups is 1. The molecule has 0 unspecified atom stereocenters. The third-order valence-electron chi connectivity index (χ3n) is 3.74. The molecule has 0 saturated carbocycles. The van der Waals surface area contributed by atoms with Gasteiger partial charge in [-0.15, -0.1) is 0 Å². The Bertz CT molecular complexity index is 593. The van der Waals surface area contributed by atoms with Gasteiger partial charge in [0.25, 0.3) is 0 Å². The summed E-state index contributed by atoms with van der Waals surface area (Å²) in [7, 11) is 1.55. The summed E-state index contributed by atoms with van der Waals surface area (Å²) < 4.78 is 5.04. The lowest BCUT2D eigenvalue weighted by molar-refractivity contribution is 0.373. The Morgan fingerprint density at radius 2 is 1.73 bits per heavy atom. The number of hydrogen-bond acceptors (Lipinski definition) is 4. The first-order valence-electron chi connectivity index (χ1n) is 7.62. The summed E-state index contributed by atoms with van der Waals surface area (Å²) in [5.41, 5.74) is 3.30. The van der Waals surface area contributed by atoms with Gasteiger partial charge in [0, 0.05) is 31.0 Å². The summed E-state index contributed by atoms with van der Waals surface area (Å²) in [4.78, 5) is 2.31. The van der Waals surface area contributed by atoms with Crippen molar-refractivity contribution in [3.05, 3.63) is 48.0 Å². The molecule has 2 rings (SSSR count). The van der Waals surface area contributed by atoms with Gasteiger partial charge in [0.1, 0.15) is 0 Å². The van der Waals surface area contributed by atoms with Crippen LogP contribution in [0.1, 0.15) is 19.4 Å². The molecule has 0 spiro atoms. The molecule has 0 aliphatic heterocycles. The van der Waals surface area contributed by atoms with Crippen LogP contribution >= 0.6 is 0 Å². The molecule has 0 bridgehead atoms. The predicted octanol–water partition coefficient (Wildman–Crippen LogP) is 3.86. The molecule has 0 heterocycles. The normalized spacial score (nSPS) is 10.3. The van der Waals surface area contributed by atoms with Gasteiger partial charge in [-0.05, 0) is 55.8 Å². The van der Waals surface area contributed by atoms with Gasteiger partial charge >= 0.3 is 0 Å². The highest BCUT2D eigenvalue weighted by Crippen LogP contribution is 2.26. The highest BCUT2D eigenvalue weighted by molar-refractivity contribution is 5.55. The van der Waals surface area contributed by atoms with E-state index in [0.717, 1.165) is 24.3 Å². The van der Waals surface area contributed by atoms with Crippen LogP contribution in [0, 0.1) is 0 Å². The van der Waals surface area contributed by atoms with E-state index in [4.69, 9.17) is 4.74 Å². The number of benzene rings is 2. The van der Waals surface area contributed by atoms with Crippen LogP contribution in [-0.2, 0) is 6.54 Å². The van der Waals surface area contributed by atoms with E-state index >= 15 is 0 Å². The van der Waals surface area contributed by atoms with Gasteiger partial charge in [0.15, 0.2) is 11.5 Å². The summed E-state index contributed by atoms with van der Waals surface area (Å²) in [6.45, 7) is 6.99. The number of anilines is 2. The minimum absolute atomic E-state index is 0.165. The number of nitrogens with one attached hydrogen (secondary N) is 1. The number of methoxy groups -OCH3 is 1. The summed E-state index contributed by atoms with van der Waals surface area (Å²) in [5, 5.41) is 13.1. The maximum absolute atomic E-state index is 9.78. The van der Waals surface area contributed by atoms with E-state index in [1.165, 1.54) is 5.69 Å². The zero-order valence-corrected chi connectivity index (χ0v) is 13.5. The smallest absolute Gasteiger partial charge is 0.160 e. The van der Waals surface area contributed by atoms with Crippen molar-refractivity contribution in [2.75, 3.05) is 30.4 Å². The van der Waals surface area contributed by atoms with Crippen LogP contribution in [0.15, 0.2) is 42.5 Å². The van der Waals surface area contributed by atoms with Crippen molar-refractivity contribution in [3.8, 4) is 11.5 Å². The molecular weight excluding hydrogens is 276 g/mol. The second-order valence-electron chi connectivity index (χ2n) is 5.08. The Hall–Kier alpha value is -2.36. The van der Waals surface area contributed by atoms with Crippen LogP contribution in [0.2, 0.25) is 0 Å². The van der Waals surface area contributed by atoms with Crippen molar-refractivity contribution in [3.63, 3.8) is 0 Å². The summed E-state index contributed by atoms with van der Waals surface area (Å²) in [6.07, 6.45) is 0. The van der Waals surface area contributed by atoms with Gasteiger partial charge in [0.2, 0.25) is 0 Å². The first kappa shape index (κ1) is 16.0. The number of phenolic OH excluding ortho intramolecular Hbond substituents is 1. The van der Waals surface area contributed by atoms with Crippen molar-refractivity contribution in [1.29, 1.82) is 0 Å². The third kappa shape index (κ3) is 3.85. The number of phenols is 1. The van der Waals surface area contributed by atoms with Crippen LogP contribution < -0.4 is 15.0 Å². The van der Waals surface area contributed by atoms with Gasteiger partial charge in [-0.2, -0.15) is 0 Å². The Kier molecular flexibility index (Phi) is 5.53. The monoisotopic (exact) mass is 300 g/mol.